The van der Waals surface area contributed by atoms with Crippen LogP contribution in [0.3, 0.4) is 0 Å². The van der Waals surface area contributed by atoms with Crippen LogP contribution in [0.1, 0.15) is 52.0 Å². The van der Waals surface area contributed by atoms with E-state index in [1.165, 1.54) is 0 Å². The van der Waals surface area contributed by atoms with Gasteiger partial charge in [0, 0.05) is 23.7 Å². The predicted molar refractivity (Wildman–Crippen MR) is 99.9 cm³/mol. The molecule has 140 valence electrons. The first-order valence-electron chi connectivity index (χ1n) is 9.27. The normalized spacial score (nSPS) is 15.6. The SMILES string of the molecule is O=C(NCc1ccc2c(c1)OCO2)c1cccc(C(=O)NC2CCCC2)c1. The van der Waals surface area contributed by atoms with E-state index in [-0.39, 0.29) is 24.6 Å². The molecular formula is C21H22N2O4. The lowest BCUT2D eigenvalue weighted by Gasteiger charge is -2.12. The molecule has 2 N–H and O–H groups in total. The number of carbonyl (C=O) groups is 2. The van der Waals surface area contributed by atoms with Crippen molar-refractivity contribution in [3.05, 3.63) is 59.2 Å². The molecule has 2 aromatic carbocycles. The maximum absolute atomic E-state index is 12.5. The van der Waals surface area contributed by atoms with Crippen LogP contribution in [0.4, 0.5) is 0 Å². The summed E-state index contributed by atoms with van der Waals surface area (Å²) >= 11 is 0. The summed E-state index contributed by atoms with van der Waals surface area (Å²) in [5.41, 5.74) is 1.90. The van der Waals surface area contributed by atoms with Crippen molar-refractivity contribution in [2.24, 2.45) is 0 Å². The molecule has 1 aliphatic carbocycles. The molecule has 2 aromatic rings. The molecule has 0 spiro atoms. The number of nitrogens with one attached hydrogen (secondary N) is 2. The molecule has 0 unspecified atom stereocenters. The number of hydrogen-bond donors (Lipinski definition) is 2. The fraction of sp³-hybridized carbons (Fsp3) is 0.333. The fourth-order valence-corrected chi connectivity index (χ4v) is 3.48. The van der Waals surface area contributed by atoms with Crippen LogP contribution < -0.4 is 20.1 Å². The van der Waals surface area contributed by atoms with E-state index in [4.69, 9.17) is 9.47 Å². The Labute approximate surface area is 157 Å². The standard InChI is InChI=1S/C21H22N2O4/c24-20(22-12-14-8-9-18-19(10-14)27-13-26-18)15-4-3-5-16(11-15)21(25)23-17-6-1-2-7-17/h3-5,8-11,17H,1-2,6-7,12-13H2,(H,22,24)(H,23,25). The molecule has 6 heteroatoms. The third-order valence-corrected chi connectivity index (χ3v) is 4.97. The van der Waals surface area contributed by atoms with Crippen LogP contribution >= 0.6 is 0 Å². The van der Waals surface area contributed by atoms with E-state index in [0.29, 0.717) is 29.2 Å². The lowest BCUT2D eigenvalue weighted by molar-refractivity contribution is 0.0938. The molecule has 1 saturated carbocycles. The van der Waals surface area contributed by atoms with Crippen LogP contribution in [-0.2, 0) is 6.54 Å². The van der Waals surface area contributed by atoms with Gasteiger partial charge in [-0.05, 0) is 48.7 Å². The van der Waals surface area contributed by atoms with Crippen molar-refractivity contribution < 1.29 is 19.1 Å². The summed E-state index contributed by atoms with van der Waals surface area (Å²) in [5, 5.41) is 5.93. The summed E-state index contributed by atoms with van der Waals surface area (Å²) in [7, 11) is 0. The first kappa shape index (κ1) is 17.4. The fourth-order valence-electron chi connectivity index (χ4n) is 3.48. The maximum atomic E-state index is 12.5. The summed E-state index contributed by atoms with van der Waals surface area (Å²) in [4.78, 5) is 24.9. The average Bonchev–Trinajstić information content (AvgIpc) is 3.37. The molecule has 4 rings (SSSR count). The number of rotatable bonds is 5. The van der Waals surface area contributed by atoms with Gasteiger partial charge in [-0.15, -0.1) is 0 Å². The quantitative estimate of drug-likeness (QED) is 0.853. The molecule has 1 fully saturated rings. The van der Waals surface area contributed by atoms with E-state index in [9.17, 15) is 9.59 Å². The summed E-state index contributed by atoms with van der Waals surface area (Å²) in [6, 6.07) is 12.6. The lowest BCUT2D eigenvalue weighted by atomic mass is 10.1. The van der Waals surface area contributed by atoms with E-state index in [1.807, 2.05) is 18.2 Å². The van der Waals surface area contributed by atoms with E-state index in [1.54, 1.807) is 24.3 Å². The van der Waals surface area contributed by atoms with Gasteiger partial charge in [-0.1, -0.05) is 25.0 Å². The third-order valence-electron chi connectivity index (χ3n) is 4.97. The minimum Gasteiger partial charge on any atom is -0.454 e. The Morgan fingerprint density at radius 1 is 0.926 bits per heavy atom. The number of hydrogen-bond acceptors (Lipinski definition) is 4. The van der Waals surface area contributed by atoms with Gasteiger partial charge in [0.25, 0.3) is 11.8 Å². The van der Waals surface area contributed by atoms with Crippen LogP contribution in [0, 0.1) is 0 Å². The van der Waals surface area contributed by atoms with Crippen molar-refractivity contribution in [3.63, 3.8) is 0 Å². The predicted octanol–water partition coefficient (Wildman–Crippen LogP) is 3.02. The van der Waals surface area contributed by atoms with Crippen LogP contribution in [-0.4, -0.2) is 24.6 Å². The molecule has 0 aromatic heterocycles. The Morgan fingerprint density at radius 2 is 1.67 bits per heavy atom. The van der Waals surface area contributed by atoms with Gasteiger partial charge in [0.2, 0.25) is 6.79 Å². The molecule has 1 aliphatic heterocycles. The zero-order valence-corrected chi connectivity index (χ0v) is 15.0. The van der Waals surface area contributed by atoms with Gasteiger partial charge in [0.05, 0.1) is 0 Å². The molecule has 0 atom stereocenters. The molecule has 0 bridgehead atoms. The molecule has 2 aliphatic rings. The van der Waals surface area contributed by atoms with E-state index in [2.05, 4.69) is 10.6 Å². The Balaban J connectivity index is 1.37. The summed E-state index contributed by atoms with van der Waals surface area (Å²) < 4.78 is 10.6. The molecule has 0 saturated heterocycles. The van der Waals surface area contributed by atoms with Gasteiger partial charge in [-0.25, -0.2) is 0 Å². The third kappa shape index (κ3) is 4.05. The number of fused-ring (bicyclic) bond motifs is 1. The Kier molecular flexibility index (Phi) is 4.96. The minimum atomic E-state index is -0.219. The van der Waals surface area contributed by atoms with Gasteiger partial charge in [0.15, 0.2) is 11.5 Å². The summed E-state index contributed by atoms with van der Waals surface area (Å²) in [6.45, 7) is 0.592. The maximum Gasteiger partial charge on any atom is 0.251 e. The second-order valence-electron chi connectivity index (χ2n) is 6.91. The molecule has 27 heavy (non-hydrogen) atoms. The minimum absolute atomic E-state index is 0.118. The Morgan fingerprint density at radius 3 is 2.48 bits per heavy atom. The van der Waals surface area contributed by atoms with E-state index < -0.39 is 0 Å². The highest BCUT2D eigenvalue weighted by molar-refractivity contribution is 5.99. The largest absolute Gasteiger partial charge is 0.454 e. The summed E-state index contributed by atoms with van der Waals surface area (Å²) in [5.74, 6) is 1.06. The van der Waals surface area contributed by atoms with Gasteiger partial charge in [0.1, 0.15) is 0 Å². The number of benzene rings is 2. The van der Waals surface area contributed by atoms with Gasteiger partial charge in [-0.2, -0.15) is 0 Å². The van der Waals surface area contributed by atoms with Crippen molar-refractivity contribution >= 4 is 11.8 Å². The van der Waals surface area contributed by atoms with Gasteiger partial charge < -0.3 is 20.1 Å². The lowest BCUT2D eigenvalue weighted by Crippen LogP contribution is -2.32. The first-order valence-corrected chi connectivity index (χ1v) is 9.27. The first-order chi connectivity index (χ1) is 13.2. The summed E-state index contributed by atoms with van der Waals surface area (Å²) in [6.07, 6.45) is 4.38. The number of amides is 2. The zero-order chi connectivity index (χ0) is 18.6. The van der Waals surface area contributed by atoms with Gasteiger partial charge >= 0.3 is 0 Å². The van der Waals surface area contributed by atoms with Gasteiger partial charge in [-0.3, -0.25) is 9.59 Å². The average molecular weight is 366 g/mol. The monoisotopic (exact) mass is 366 g/mol. The molecule has 0 radical (unpaired) electrons. The van der Waals surface area contributed by atoms with Crippen LogP contribution in [0.15, 0.2) is 42.5 Å². The van der Waals surface area contributed by atoms with Crippen molar-refractivity contribution in [2.75, 3.05) is 6.79 Å². The Bertz CT molecular complexity index is 859. The van der Waals surface area contributed by atoms with Crippen molar-refractivity contribution in [2.45, 2.75) is 38.3 Å². The van der Waals surface area contributed by atoms with E-state index in [0.717, 1.165) is 31.2 Å². The van der Waals surface area contributed by atoms with Crippen molar-refractivity contribution in [1.29, 1.82) is 0 Å². The highest BCUT2D eigenvalue weighted by Crippen LogP contribution is 2.32. The highest BCUT2D eigenvalue weighted by atomic mass is 16.7. The zero-order valence-electron chi connectivity index (χ0n) is 15.0. The highest BCUT2D eigenvalue weighted by Gasteiger charge is 2.19. The number of carbonyl (C=O) groups excluding carboxylic acids is 2. The molecular weight excluding hydrogens is 344 g/mol. The topological polar surface area (TPSA) is 76.7 Å². The molecule has 2 amide bonds. The number of ether oxygens (including phenoxy) is 2. The van der Waals surface area contributed by atoms with Crippen LogP contribution in [0.2, 0.25) is 0 Å². The van der Waals surface area contributed by atoms with Crippen molar-refractivity contribution in [3.8, 4) is 11.5 Å². The van der Waals surface area contributed by atoms with Crippen molar-refractivity contribution in [1.82, 2.24) is 10.6 Å². The smallest absolute Gasteiger partial charge is 0.251 e. The second kappa shape index (κ2) is 7.70. The molecule has 1 heterocycles. The van der Waals surface area contributed by atoms with Crippen LogP contribution in [0.5, 0.6) is 11.5 Å². The van der Waals surface area contributed by atoms with Crippen LogP contribution in [0.25, 0.3) is 0 Å². The molecule has 6 nitrogen and oxygen atoms in total. The second-order valence-corrected chi connectivity index (χ2v) is 6.91. The Hall–Kier alpha value is -3.02. The van der Waals surface area contributed by atoms with E-state index >= 15 is 0 Å².